The van der Waals surface area contributed by atoms with Crippen molar-refractivity contribution in [3.05, 3.63) is 40.1 Å². The molecule has 0 fully saturated rings. The van der Waals surface area contributed by atoms with E-state index in [4.69, 9.17) is 0 Å². The van der Waals surface area contributed by atoms with Gasteiger partial charge in [0.2, 0.25) is 0 Å². The van der Waals surface area contributed by atoms with Crippen LogP contribution in [0.1, 0.15) is 16.4 Å². The molecule has 80 valence electrons. The highest BCUT2D eigenvalue weighted by Gasteiger charge is 1.97. The Morgan fingerprint density at radius 3 is 3.13 bits per heavy atom. The average molecular weight is 221 g/mol. The van der Waals surface area contributed by atoms with Gasteiger partial charge in [-0.05, 0) is 19.1 Å². The first kappa shape index (κ1) is 10.4. The number of H-pyrrole nitrogens is 1. The van der Waals surface area contributed by atoms with Gasteiger partial charge < -0.3 is 10.3 Å². The molecule has 0 radical (unpaired) electrons. The number of hydrogen-bond donors (Lipinski definition) is 2. The first-order valence-electron chi connectivity index (χ1n) is 5.08. The van der Waals surface area contributed by atoms with Crippen molar-refractivity contribution in [2.45, 2.75) is 19.9 Å². The van der Waals surface area contributed by atoms with Crippen LogP contribution in [0.3, 0.4) is 0 Å². The van der Waals surface area contributed by atoms with E-state index in [2.05, 4.69) is 26.7 Å². The van der Waals surface area contributed by atoms with Crippen LogP contribution in [0.25, 0.3) is 0 Å². The third-order valence-corrected chi connectivity index (χ3v) is 3.02. The number of nitrogens with zero attached hydrogens (tertiary/aromatic N) is 1. The molecular weight excluding hydrogens is 206 g/mol. The van der Waals surface area contributed by atoms with Crippen molar-refractivity contribution in [3.8, 4) is 0 Å². The van der Waals surface area contributed by atoms with Crippen LogP contribution in [0, 0.1) is 6.92 Å². The zero-order valence-corrected chi connectivity index (χ0v) is 9.60. The van der Waals surface area contributed by atoms with Gasteiger partial charge in [0.05, 0.1) is 10.7 Å². The fraction of sp³-hybridized carbons (Fsp3) is 0.364. The maximum Gasteiger partial charge on any atom is 0.0897 e. The van der Waals surface area contributed by atoms with Gasteiger partial charge in [-0.25, -0.2) is 4.98 Å². The van der Waals surface area contributed by atoms with Crippen LogP contribution in [0.2, 0.25) is 0 Å². The third-order valence-electron chi connectivity index (χ3n) is 2.20. The van der Waals surface area contributed by atoms with Crippen molar-refractivity contribution < 1.29 is 0 Å². The molecule has 0 aliphatic rings. The van der Waals surface area contributed by atoms with Gasteiger partial charge in [-0.3, -0.25) is 0 Å². The standard InChI is InChI=1S/C11H15N3S/c1-9-14-11(8-15-9)4-6-12-7-10-3-2-5-13-10/h2-3,5,8,12-13H,4,6-7H2,1H3. The lowest BCUT2D eigenvalue weighted by Gasteiger charge is -2.01. The molecule has 0 aromatic carbocycles. The summed E-state index contributed by atoms with van der Waals surface area (Å²) >= 11 is 1.72. The van der Waals surface area contributed by atoms with Crippen LogP contribution < -0.4 is 5.32 Å². The second-order valence-electron chi connectivity index (χ2n) is 3.48. The van der Waals surface area contributed by atoms with Crippen molar-refractivity contribution in [1.29, 1.82) is 0 Å². The maximum atomic E-state index is 4.42. The molecule has 0 saturated carbocycles. The number of nitrogens with one attached hydrogen (secondary N) is 2. The molecule has 0 unspecified atom stereocenters. The number of aryl methyl sites for hydroxylation is 1. The zero-order valence-electron chi connectivity index (χ0n) is 8.79. The molecule has 0 bridgehead atoms. The summed E-state index contributed by atoms with van der Waals surface area (Å²) in [5.41, 5.74) is 2.42. The minimum Gasteiger partial charge on any atom is -0.364 e. The van der Waals surface area contributed by atoms with Crippen LogP contribution in [-0.4, -0.2) is 16.5 Å². The minimum absolute atomic E-state index is 0.899. The molecule has 4 heteroatoms. The Kier molecular flexibility index (Phi) is 3.53. The maximum absolute atomic E-state index is 4.42. The largest absolute Gasteiger partial charge is 0.364 e. The van der Waals surface area contributed by atoms with E-state index in [9.17, 15) is 0 Å². The van der Waals surface area contributed by atoms with Crippen LogP contribution in [0.15, 0.2) is 23.7 Å². The van der Waals surface area contributed by atoms with Crippen molar-refractivity contribution in [1.82, 2.24) is 15.3 Å². The lowest BCUT2D eigenvalue weighted by atomic mass is 10.3. The quantitative estimate of drug-likeness (QED) is 0.759. The first-order valence-corrected chi connectivity index (χ1v) is 5.96. The van der Waals surface area contributed by atoms with E-state index in [1.54, 1.807) is 11.3 Å². The smallest absolute Gasteiger partial charge is 0.0897 e. The highest BCUT2D eigenvalue weighted by Crippen LogP contribution is 2.07. The Morgan fingerprint density at radius 1 is 1.53 bits per heavy atom. The Bertz CT molecular complexity index is 392. The predicted molar refractivity (Wildman–Crippen MR) is 63.1 cm³/mol. The summed E-state index contributed by atoms with van der Waals surface area (Å²) in [7, 11) is 0. The Hall–Kier alpha value is -1.13. The minimum atomic E-state index is 0.899. The van der Waals surface area contributed by atoms with Gasteiger partial charge in [-0.15, -0.1) is 11.3 Å². The van der Waals surface area contributed by atoms with Gasteiger partial charge in [0.1, 0.15) is 0 Å². The average Bonchev–Trinajstić information content (AvgIpc) is 2.84. The highest BCUT2D eigenvalue weighted by molar-refractivity contribution is 7.09. The van der Waals surface area contributed by atoms with Crippen LogP contribution in [0.4, 0.5) is 0 Å². The number of aromatic amines is 1. The fourth-order valence-electron chi connectivity index (χ4n) is 1.44. The summed E-state index contributed by atoms with van der Waals surface area (Å²) in [5.74, 6) is 0. The number of hydrogen-bond acceptors (Lipinski definition) is 3. The Labute approximate surface area is 93.6 Å². The number of thiazole rings is 1. The van der Waals surface area contributed by atoms with Crippen LogP contribution in [-0.2, 0) is 13.0 Å². The normalized spacial score (nSPS) is 10.7. The van der Waals surface area contributed by atoms with Crippen LogP contribution in [0.5, 0.6) is 0 Å². The molecule has 2 N–H and O–H groups in total. The van der Waals surface area contributed by atoms with Crippen molar-refractivity contribution in [2.24, 2.45) is 0 Å². The molecule has 0 atom stereocenters. The molecule has 3 nitrogen and oxygen atoms in total. The lowest BCUT2D eigenvalue weighted by molar-refractivity contribution is 0.672. The molecule has 0 spiro atoms. The summed E-state index contributed by atoms with van der Waals surface area (Å²) < 4.78 is 0. The second-order valence-corrected chi connectivity index (χ2v) is 4.54. The highest BCUT2D eigenvalue weighted by atomic mass is 32.1. The lowest BCUT2D eigenvalue weighted by Crippen LogP contribution is -2.16. The summed E-state index contributed by atoms with van der Waals surface area (Å²) in [5, 5.41) is 6.66. The molecule has 2 rings (SSSR count). The molecule has 0 aliphatic carbocycles. The van der Waals surface area contributed by atoms with Gasteiger partial charge in [0.25, 0.3) is 0 Å². The molecule has 0 aliphatic heterocycles. The molecular formula is C11H15N3S. The molecule has 0 saturated heterocycles. The van der Waals surface area contributed by atoms with Gasteiger partial charge >= 0.3 is 0 Å². The van der Waals surface area contributed by atoms with Gasteiger partial charge in [-0.2, -0.15) is 0 Å². The van der Waals surface area contributed by atoms with E-state index >= 15 is 0 Å². The topological polar surface area (TPSA) is 40.7 Å². The second kappa shape index (κ2) is 5.09. The fourth-order valence-corrected chi connectivity index (χ4v) is 2.09. The SMILES string of the molecule is Cc1nc(CCNCc2ccc[nH]2)cs1. The van der Waals surface area contributed by atoms with Crippen molar-refractivity contribution in [3.63, 3.8) is 0 Å². The predicted octanol–water partition coefficient (Wildman–Crippen LogP) is 2.11. The summed E-state index contributed by atoms with van der Waals surface area (Å²) in [4.78, 5) is 7.58. The molecule has 2 aromatic heterocycles. The van der Waals surface area contributed by atoms with Gasteiger partial charge in [0, 0.05) is 36.8 Å². The van der Waals surface area contributed by atoms with E-state index in [0.29, 0.717) is 0 Å². The molecule has 2 heterocycles. The summed E-state index contributed by atoms with van der Waals surface area (Å²) in [6, 6.07) is 4.10. The third kappa shape index (κ3) is 3.18. The molecule has 2 aromatic rings. The van der Waals surface area contributed by atoms with E-state index in [1.165, 1.54) is 11.4 Å². The van der Waals surface area contributed by atoms with Crippen molar-refractivity contribution >= 4 is 11.3 Å². The van der Waals surface area contributed by atoms with E-state index < -0.39 is 0 Å². The summed E-state index contributed by atoms with van der Waals surface area (Å²) in [6.07, 6.45) is 2.95. The van der Waals surface area contributed by atoms with E-state index in [0.717, 1.165) is 24.5 Å². The summed E-state index contributed by atoms with van der Waals surface area (Å²) in [6.45, 7) is 3.92. The van der Waals surface area contributed by atoms with Crippen molar-refractivity contribution in [2.75, 3.05) is 6.54 Å². The Morgan fingerprint density at radius 2 is 2.47 bits per heavy atom. The monoisotopic (exact) mass is 221 g/mol. The molecule has 0 amide bonds. The van der Waals surface area contributed by atoms with Crippen LogP contribution >= 0.6 is 11.3 Å². The zero-order chi connectivity index (χ0) is 10.5. The molecule has 15 heavy (non-hydrogen) atoms. The number of aromatic nitrogens is 2. The first-order chi connectivity index (χ1) is 7.34. The van der Waals surface area contributed by atoms with Gasteiger partial charge in [0.15, 0.2) is 0 Å². The van der Waals surface area contributed by atoms with E-state index in [-0.39, 0.29) is 0 Å². The van der Waals surface area contributed by atoms with E-state index in [1.807, 2.05) is 19.2 Å². The Balaban J connectivity index is 1.67. The van der Waals surface area contributed by atoms with Gasteiger partial charge in [-0.1, -0.05) is 0 Å². The number of rotatable bonds is 5.